The molecule has 28 heavy (non-hydrogen) atoms. The van der Waals surface area contributed by atoms with Crippen molar-refractivity contribution in [3.05, 3.63) is 69.6 Å². The first-order valence-electron chi connectivity index (χ1n) is 7.98. The van der Waals surface area contributed by atoms with Crippen LogP contribution in [0.15, 0.2) is 57.2 Å². The number of hydrogen-bond donors (Lipinski definition) is 1. The van der Waals surface area contributed by atoms with E-state index in [1.165, 1.54) is 24.3 Å². The highest BCUT2D eigenvalue weighted by Crippen LogP contribution is 2.28. The van der Waals surface area contributed by atoms with Gasteiger partial charge in [0.1, 0.15) is 11.5 Å². The molecule has 0 amide bonds. The minimum absolute atomic E-state index is 0.116. The Morgan fingerprint density at radius 2 is 1.82 bits per heavy atom. The number of oxazole rings is 1. The van der Waals surface area contributed by atoms with Gasteiger partial charge in [-0.25, -0.2) is 4.79 Å². The van der Waals surface area contributed by atoms with Gasteiger partial charge in [-0.2, -0.15) is 4.98 Å². The van der Waals surface area contributed by atoms with Crippen LogP contribution in [0.2, 0.25) is 0 Å². The number of non-ortho nitro benzene ring substituents is 1. The minimum Gasteiger partial charge on any atom is -0.507 e. The van der Waals surface area contributed by atoms with Crippen molar-refractivity contribution in [3.63, 3.8) is 0 Å². The van der Waals surface area contributed by atoms with Crippen molar-refractivity contribution in [2.75, 3.05) is 0 Å². The summed E-state index contributed by atoms with van der Waals surface area (Å²) in [5, 5.41) is 28.2. The number of nitro benzene ring substituents is 1. The van der Waals surface area contributed by atoms with Gasteiger partial charge in [0.15, 0.2) is 0 Å². The molecule has 0 bridgehead atoms. The summed E-state index contributed by atoms with van der Waals surface area (Å²) in [5.41, 5.74) is 1.66. The molecule has 1 heterocycles. The third kappa shape index (κ3) is 4.18. The smallest absolute Gasteiger partial charge is 0.381 e. The van der Waals surface area contributed by atoms with Crippen LogP contribution in [0.25, 0.3) is 0 Å². The summed E-state index contributed by atoms with van der Waals surface area (Å²) < 4.78 is 10.2. The third-order valence-electron chi connectivity index (χ3n) is 3.68. The van der Waals surface area contributed by atoms with Crippen molar-refractivity contribution in [2.45, 2.75) is 13.8 Å². The quantitative estimate of drug-likeness (QED) is 0.224. The monoisotopic (exact) mass is 382 g/mol. The fraction of sp³-hybridized carbons (Fsp3) is 0.111. The fourth-order valence-corrected chi connectivity index (χ4v) is 2.29. The average Bonchev–Trinajstić information content (AvgIpc) is 3.14. The lowest BCUT2D eigenvalue weighted by Gasteiger charge is -2.03. The van der Waals surface area contributed by atoms with E-state index in [1.54, 1.807) is 26.0 Å². The number of carbonyl (C=O) groups is 1. The van der Waals surface area contributed by atoms with E-state index in [2.05, 4.69) is 15.2 Å². The Balaban J connectivity index is 1.69. The number of aromatic hydroxyl groups is 1. The van der Waals surface area contributed by atoms with E-state index in [-0.39, 0.29) is 29.0 Å². The van der Waals surface area contributed by atoms with Crippen LogP contribution in [0.3, 0.4) is 0 Å². The maximum absolute atomic E-state index is 12.1. The van der Waals surface area contributed by atoms with Gasteiger partial charge in [0.05, 0.1) is 16.8 Å². The van der Waals surface area contributed by atoms with E-state index in [0.717, 1.165) is 6.20 Å². The van der Waals surface area contributed by atoms with Crippen LogP contribution in [0.1, 0.15) is 21.7 Å². The van der Waals surface area contributed by atoms with Crippen LogP contribution >= 0.6 is 0 Å². The lowest BCUT2D eigenvalue weighted by atomic mass is 10.1. The summed E-state index contributed by atoms with van der Waals surface area (Å²) in [6.07, 6.45) is 1.13. The number of carbonyl (C=O) groups excluding carboxylic acids is 1. The molecule has 0 saturated heterocycles. The van der Waals surface area contributed by atoms with E-state index in [4.69, 9.17) is 9.15 Å². The van der Waals surface area contributed by atoms with Gasteiger partial charge in [-0.05, 0) is 49.2 Å². The van der Waals surface area contributed by atoms with Crippen molar-refractivity contribution in [1.29, 1.82) is 0 Å². The number of benzene rings is 2. The highest BCUT2D eigenvalue weighted by molar-refractivity contribution is 5.88. The van der Waals surface area contributed by atoms with Crippen molar-refractivity contribution in [1.82, 2.24) is 4.98 Å². The van der Waals surface area contributed by atoms with Crippen LogP contribution in [-0.4, -0.2) is 21.0 Å². The molecular formula is C18H14N4O6. The number of azo groups is 1. The second-order valence-electron chi connectivity index (χ2n) is 5.78. The zero-order chi connectivity index (χ0) is 20.3. The maximum atomic E-state index is 12.1. The molecule has 0 fully saturated rings. The van der Waals surface area contributed by atoms with Gasteiger partial charge >= 0.3 is 12.0 Å². The first-order chi connectivity index (χ1) is 13.3. The molecule has 0 radical (unpaired) electrons. The molecule has 0 atom stereocenters. The fourth-order valence-electron chi connectivity index (χ4n) is 2.29. The molecule has 0 unspecified atom stereocenters. The number of hydrogen-bond acceptors (Lipinski definition) is 9. The Morgan fingerprint density at radius 3 is 2.43 bits per heavy atom. The lowest BCUT2D eigenvalue weighted by Crippen LogP contribution is -2.07. The predicted molar refractivity (Wildman–Crippen MR) is 96.3 cm³/mol. The predicted octanol–water partition coefficient (Wildman–Crippen LogP) is 4.54. The third-order valence-corrected chi connectivity index (χ3v) is 3.68. The van der Waals surface area contributed by atoms with E-state index in [0.29, 0.717) is 16.8 Å². The number of aromatic nitrogens is 1. The van der Waals surface area contributed by atoms with Gasteiger partial charge < -0.3 is 14.3 Å². The Kier molecular flexibility index (Phi) is 5.12. The molecule has 10 nitrogen and oxygen atoms in total. The number of nitro groups is 1. The van der Waals surface area contributed by atoms with E-state index in [1.807, 2.05) is 0 Å². The second kappa shape index (κ2) is 7.66. The minimum atomic E-state index is -0.834. The number of rotatable bonds is 5. The van der Waals surface area contributed by atoms with Crippen LogP contribution in [0.5, 0.6) is 11.5 Å². The van der Waals surface area contributed by atoms with Gasteiger partial charge in [-0.1, -0.05) is 5.11 Å². The van der Waals surface area contributed by atoms with E-state index in [9.17, 15) is 20.0 Å². The molecule has 1 aromatic heterocycles. The molecule has 3 rings (SSSR count). The summed E-state index contributed by atoms with van der Waals surface area (Å²) in [7, 11) is 0. The molecule has 0 saturated carbocycles. The SMILES string of the molecule is Cc1cc(/N=N/c2ncc(C(=O)Oc3ccc([N+](=O)[O-])cc3)o2)cc(C)c1O. The van der Waals surface area contributed by atoms with Crippen LogP contribution < -0.4 is 4.74 Å². The first kappa shape index (κ1) is 18.7. The molecular weight excluding hydrogens is 368 g/mol. The average molecular weight is 382 g/mol. The van der Waals surface area contributed by atoms with Gasteiger partial charge in [-0.15, -0.1) is 5.11 Å². The molecule has 0 spiro atoms. The van der Waals surface area contributed by atoms with Crippen LogP contribution in [0.4, 0.5) is 17.4 Å². The Hall–Kier alpha value is -4.08. The molecule has 0 aliphatic rings. The topological polar surface area (TPSA) is 140 Å². The lowest BCUT2D eigenvalue weighted by molar-refractivity contribution is -0.384. The van der Waals surface area contributed by atoms with Crippen molar-refractivity contribution < 1.29 is 24.0 Å². The number of nitrogens with zero attached hydrogens (tertiary/aromatic N) is 4. The number of aryl methyl sites for hydroxylation is 2. The standard InChI is InChI=1S/C18H14N4O6/c1-10-7-12(8-11(2)16(10)23)20-21-18-19-9-15(28-18)17(24)27-14-5-3-13(4-6-14)22(25)26/h3-9,23H,1-2H3/b21-20+. The highest BCUT2D eigenvalue weighted by Gasteiger charge is 2.16. The van der Waals surface area contributed by atoms with Gasteiger partial charge in [0.2, 0.25) is 5.76 Å². The number of phenolic OH excluding ortho intramolecular Hbond substituents is 1. The number of esters is 1. The largest absolute Gasteiger partial charge is 0.507 e. The van der Waals surface area contributed by atoms with E-state index >= 15 is 0 Å². The zero-order valence-corrected chi connectivity index (χ0v) is 14.8. The first-order valence-corrected chi connectivity index (χ1v) is 7.98. The summed E-state index contributed by atoms with van der Waals surface area (Å²) >= 11 is 0. The summed E-state index contributed by atoms with van der Waals surface area (Å²) in [6.45, 7) is 3.47. The normalized spacial score (nSPS) is 10.9. The van der Waals surface area contributed by atoms with Gasteiger partial charge in [0.25, 0.3) is 5.69 Å². The second-order valence-corrected chi connectivity index (χ2v) is 5.78. The Morgan fingerprint density at radius 1 is 1.18 bits per heavy atom. The van der Waals surface area contributed by atoms with Crippen molar-refractivity contribution in [3.8, 4) is 11.5 Å². The van der Waals surface area contributed by atoms with Crippen LogP contribution in [-0.2, 0) is 0 Å². The molecule has 142 valence electrons. The maximum Gasteiger partial charge on any atom is 0.381 e. The zero-order valence-electron chi connectivity index (χ0n) is 14.8. The molecule has 1 N–H and O–H groups in total. The number of phenols is 1. The molecule has 0 aliphatic heterocycles. The van der Waals surface area contributed by atoms with Gasteiger partial charge in [0, 0.05) is 12.1 Å². The van der Waals surface area contributed by atoms with Crippen molar-refractivity contribution in [2.24, 2.45) is 10.2 Å². The summed E-state index contributed by atoms with van der Waals surface area (Å²) in [6, 6.07) is 8.13. The van der Waals surface area contributed by atoms with Crippen LogP contribution in [0, 0.1) is 24.0 Å². The molecule has 0 aliphatic carbocycles. The highest BCUT2D eigenvalue weighted by atomic mass is 16.6. The Labute approximate surface area is 158 Å². The summed E-state index contributed by atoms with van der Waals surface area (Å²) in [5.74, 6) is -0.735. The summed E-state index contributed by atoms with van der Waals surface area (Å²) in [4.78, 5) is 25.9. The molecule has 3 aromatic rings. The van der Waals surface area contributed by atoms with Crippen molar-refractivity contribution >= 4 is 23.4 Å². The van der Waals surface area contributed by atoms with Gasteiger partial charge in [-0.3, -0.25) is 10.1 Å². The molecule has 10 heteroatoms. The number of ether oxygens (including phenoxy) is 1. The van der Waals surface area contributed by atoms with E-state index < -0.39 is 10.9 Å². The Bertz CT molecular complexity index is 1050. The molecule has 2 aromatic carbocycles.